The molecular formula is C23H22N4O2S. The van der Waals surface area contributed by atoms with Crippen LogP contribution in [0.5, 0.6) is 0 Å². The first-order chi connectivity index (χ1) is 14.6. The molecule has 2 heterocycles. The summed E-state index contributed by atoms with van der Waals surface area (Å²) in [4.78, 5) is 12.4. The molecule has 0 unspecified atom stereocenters. The number of H-pyrrole nitrogens is 1. The molecule has 2 aromatic heterocycles. The van der Waals surface area contributed by atoms with E-state index < -0.39 is 10.0 Å². The number of anilines is 1. The Bertz CT molecular complexity index is 1240. The molecule has 2 N–H and O–H groups in total. The molecule has 0 spiro atoms. The topological polar surface area (TPSA) is 87.7 Å². The van der Waals surface area contributed by atoms with E-state index in [0.717, 1.165) is 33.9 Å². The number of nitrogens with one attached hydrogen (secondary N) is 2. The van der Waals surface area contributed by atoms with Crippen molar-refractivity contribution in [2.75, 3.05) is 10.5 Å². The number of aromatic amines is 1. The average molecular weight is 419 g/mol. The normalized spacial score (nSPS) is 11.4. The highest BCUT2D eigenvalue weighted by molar-refractivity contribution is 7.92. The Labute approximate surface area is 176 Å². The lowest BCUT2D eigenvalue weighted by atomic mass is 10.1. The van der Waals surface area contributed by atoms with Gasteiger partial charge in [0.05, 0.1) is 17.1 Å². The smallest absolute Gasteiger partial charge is 0.232 e. The summed E-state index contributed by atoms with van der Waals surface area (Å²) >= 11 is 0. The zero-order valence-electron chi connectivity index (χ0n) is 16.5. The van der Waals surface area contributed by atoms with Crippen LogP contribution in [0.15, 0.2) is 79.1 Å². The predicted molar refractivity (Wildman–Crippen MR) is 120 cm³/mol. The van der Waals surface area contributed by atoms with Gasteiger partial charge in [0.1, 0.15) is 5.82 Å². The molecule has 0 atom stereocenters. The molecule has 4 aromatic rings. The molecule has 7 heteroatoms. The maximum atomic E-state index is 12.2. The maximum absolute atomic E-state index is 12.2. The second-order valence-corrected chi connectivity index (χ2v) is 8.75. The van der Waals surface area contributed by atoms with E-state index in [4.69, 9.17) is 4.98 Å². The second-order valence-electron chi connectivity index (χ2n) is 6.91. The lowest BCUT2D eigenvalue weighted by Gasteiger charge is -2.09. The van der Waals surface area contributed by atoms with Gasteiger partial charge in [0.25, 0.3) is 0 Å². The lowest BCUT2D eigenvalue weighted by Crippen LogP contribution is -2.16. The molecule has 2 aromatic carbocycles. The monoisotopic (exact) mass is 418 g/mol. The molecule has 0 bridgehead atoms. The van der Waals surface area contributed by atoms with E-state index in [1.165, 1.54) is 0 Å². The summed E-state index contributed by atoms with van der Waals surface area (Å²) in [6.45, 7) is 1.84. The molecule has 152 valence electrons. The maximum Gasteiger partial charge on any atom is 0.232 e. The second kappa shape index (κ2) is 8.51. The highest BCUT2D eigenvalue weighted by Crippen LogP contribution is 2.33. The van der Waals surface area contributed by atoms with Gasteiger partial charge in [0, 0.05) is 34.8 Å². The molecule has 4 rings (SSSR count). The minimum atomic E-state index is -3.37. The number of pyridine rings is 1. The van der Waals surface area contributed by atoms with Gasteiger partial charge < -0.3 is 4.98 Å². The Balaban J connectivity index is 1.80. The molecule has 0 radical (unpaired) electrons. The van der Waals surface area contributed by atoms with E-state index >= 15 is 0 Å². The van der Waals surface area contributed by atoms with Gasteiger partial charge in [-0.1, -0.05) is 49.4 Å². The number of rotatable bonds is 7. The number of hydrogen-bond donors (Lipinski definition) is 2. The van der Waals surface area contributed by atoms with Crippen LogP contribution in [-0.4, -0.2) is 29.1 Å². The molecule has 0 saturated heterocycles. The third-order valence-electron chi connectivity index (χ3n) is 4.60. The van der Waals surface area contributed by atoms with E-state index in [2.05, 4.69) is 14.7 Å². The molecule has 0 aliphatic heterocycles. The quantitative estimate of drug-likeness (QED) is 0.444. The van der Waals surface area contributed by atoms with Crippen LogP contribution in [0, 0.1) is 0 Å². The number of benzene rings is 2. The van der Waals surface area contributed by atoms with Crippen LogP contribution in [0.1, 0.15) is 13.3 Å². The molecule has 0 fully saturated rings. The van der Waals surface area contributed by atoms with Crippen molar-refractivity contribution >= 4 is 15.7 Å². The van der Waals surface area contributed by atoms with Gasteiger partial charge >= 0.3 is 0 Å². The molecule has 0 amide bonds. The van der Waals surface area contributed by atoms with Crippen molar-refractivity contribution in [3.05, 3.63) is 79.1 Å². The molecule has 0 aliphatic rings. The summed E-state index contributed by atoms with van der Waals surface area (Å²) in [5.74, 6) is 0.828. The Morgan fingerprint density at radius 2 is 1.63 bits per heavy atom. The lowest BCUT2D eigenvalue weighted by molar-refractivity contribution is 0.600. The van der Waals surface area contributed by atoms with Crippen molar-refractivity contribution < 1.29 is 8.42 Å². The van der Waals surface area contributed by atoms with Crippen molar-refractivity contribution in [2.24, 2.45) is 0 Å². The largest absolute Gasteiger partial charge is 0.337 e. The highest BCUT2D eigenvalue weighted by atomic mass is 32.2. The molecule has 30 heavy (non-hydrogen) atoms. The fourth-order valence-corrected chi connectivity index (χ4v) is 4.40. The number of hydrogen-bond acceptors (Lipinski definition) is 4. The van der Waals surface area contributed by atoms with Crippen LogP contribution >= 0.6 is 0 Å². The SMILES string of the molecule is CCCS(=O)(=O)Nc1cccc(-c2nc(-c3ccccc3)[nH]c2-c2ccncc2)c1. The Morgan fingerprint density at radius 1 is 0.900 bits per heavy atom. The molecule has 0 aliphatic carbocycles. The van der Waals surface area contributed by atoms with Crippen molar-refractivity contribution in [1.29, 1.82) is 0 Å². The third-order valence-corrected chi connectivity index (χ3v) is 6.09. The number of nitrogens with zero attached hydrogens (tertiary/aromatic N) is 2. The Hall–Kier alpha value is -3.45. The number of sulfonamides is 1. The first-order valence-corrected chi connectivity index (χ1v) is 11.4. The number of aromatic nitrogens is 3. The summed E-state index contributed by atoms with van der Waals surface area (Å²) in [5, 5.41) is 0. The van der Waals surface area contributed by atoms with Crippen LogP contribution in [0.25, 0.3) is 33.9 Å². The van der Waals surface area contributed by atoms with Crippen LogP contribution in [0.2, 0.25) is 0 Å². The van der Waals surface area contributed by atoms with Crippen molar-refractivity contribution in [3.63, 3.8) is 0 Å². The van der Waals surface area contributed by atoms with Gasteiger partial charge in [-0.2, -0.15) is 0 Å². The Morgan fingerprint density at radius 3 is 2.37 bits per heavy atom. The molecular weight excluding hydrogens is 396 g/mol. The van der Waals surface area contributed by atoms with Gasteiger partial charge in [0.15, 0.2) is 0 Å². The number of imidazole rings is 1. The fraction of sp³-hybridized carbons (Fsp3) is 0.130. The van der Waals surface area contributed by atoms with Gasteiger partial charge in [-0.15, -0.1) is 0 Å². The predicted octanol–water partition coefficient (Wildman–Crippen LogP) is 4.96. The van der Waals surface area contributed by atoms with Gasteiger partial charge in [-0.25, -0.2) is 13.4 Å². The van der Waals surface area contributed by atoms with Gasteiger partial charge in [-0.3, -0.25) is 9.71 Å². The summed E-state index contributed by atoms with van der Waals surface area (Å²) in [5.41, 5.74) is 4.86. The van der Waals surface area contributed by atoms with Crippen LogP contribution in [0.4, 0.5) is 5.69 Å². The minimum Gasteiger partial charge on any atom is -0.337 e. The zero-order valence-corrected chi connectivity index (χ0v) is 17.4. The van der Waals surface area contributed by atoms with Crippen LogP contribution in [-0.2, 0) is 10.0 Å². The summed E-state index contributed by atoms with van der Waals surface area (Å²) < 4.78 is 27.0. The highest BCUT2D eigenvalue weighted by Gasteiger charge is 2.16. The standard InChI is InChI=1S/C23H22N4O2S/c1-2-15-30(28,29)27-20-10-6-9-19(16-20)22-21(17-11-13-24-14-12-17)25-23(26-22)18-7-4-3-5-8-18/h3-14,16,27H,2,15H2,1H3,(H,25,26). The third kappa shape index (κ3) is 4.41. The van der Waals surface area contributed by atoms with E-state index in [0.29, 0.717) is 12.1 Å². The van der Waals surface area contributed by atoms with Crippen LogP contribution in [0.3, 0.4) is 0 Å². The molecule has 0 saturated carbocycles. The van der Waals surface area contributed by atoms with E-state index in [1.54, 1.807) is 18.5 Å². The van der Waals surface area contributed by atoms with Crippen molar-refractivity contribution in [3.8, 4) is 33.9 Å². The van der Waals surface area contributed by atoms with E-state index in [9.17, 15) is 8.42 Å². The summed E-state index contributed by atoms with van der Waals surface area (Å²) in [6, 6.07) is 21.0. The van der Waals surface area contributed by atoms with Crippen molar-refractivity contribution in [2.45, 2.75) is 13.3 Å². The van der Waals surface area contributed by atoms with Crippen molar-refractivity contribution in [1.82, 2.24) is 15.0 Å². The average Bonchev–Trinajstić information content (AvgIpc) is 3.20. The fourth-order valence-electron chi connectivity index (χ4n) is 3.27. The van der Waals surface area contributed by atoms with Gasteiger partial charge in [0.2, 0.25) is 10.0 Å². The summed E-state index contributed by atoms with van der Waals surface area (Å²) in [7, 11) is -3.37. The summed E-state index contributed by atoms with van der Waals surface area (Å²) in [6.07, 6.45) is 4.02. The minimum absolute atomic E-state index is 0.0834. The van der Waals surface area contributed by atoms with Gasteiger partial charge in [-0.05, 0) is 30.7 Å². The van der Waals surface area contributed by atoms with E-state index in [-0.39, 0.29) is 5.75 Å². The first kappa shape index (κ1) is 19.8. The Kier molecular flexibility index (Phi) is 5.63. The first-order valence-electron chi connectivity index (χ1n) is 9.72. The van der Waals surface area contributed by atoms with E-state index in [1.807, 2.05) is 67.6 Å². The van der Waals surface area contributed by atoms with Crippen LogP contribution < -0.4 is 4.72 Å². The molecule has 6 nitrogen and oxygen atoms in total. The zero-order chi connectivity index (χ0) is 21.0.